The molecule has 3 heterocycles. The summed E-state index contributed by atoms with van der Waals surface area (Å²) < 4.78 is 5.84. The van der Waals surface area contributed by atoms with E-state index >= 15 is 0 Å². The van der Waals surface area contributed by atoms with Gasteiger partial charge < -0.3 is 10.1 Å². The standard InChI is InChI=1S/C16H24N4OS/c1-11-7-20(8-12(2)21-11)16(3,4)9-17-14-13-5-6-22-15(13)19-10-18-14/h5-6,10-12H,7-9H2,1-4H3,(H,17,18,19)/t11-,12-/m1/s1. The number of aromatic nitrogens is 2. The number of anilines is 1. The lowest BCUT2D eigenvalue weighted by Gasteiger charge is -2.45. The van der Waals surface area contributed by atoms with Crippen molar-refractivity contribution in [2.45, 2.75) is 45.4 Å². The minimum Gasteiger partial charge on any atom is -0.373 e. The molecule has 1 saturated heterocycles. The highest BCUT2D eigenvalue weighted by Crippen LogP contribution is 2.26. The molecule has 120 valence electrons. The fourth-order valence-electron chi connectivity index (χ4n) is 3.01. The predicted molar refractivity (Wildman–Crippen MR) is 91.6 cm³/mol. The zero-order valence-electron chi connectivity index (χ0n) is 13.7. The SMILES string of the molecule is C[C@@H]1CN(C(C)(C)CNc2ncnc3sccc23)C[C@@H](C)O1. The second-order valence-electron chi connectivity index (χ2n) is 6.69. The number of nitrogens with one attached hydrogen (secondary N) is 1. The van der Waals surface area contributed by atoms with E-state index in [4.69, 9.17) is 4.74 Å². The number of hydrogen-bond donors (Lipinski definition) is 1. The van der Waals surface area contributed by atoms with Crippen LogP contribution in [0.15, 0.2) is 17.8 Å². The molecule has 0 radical (unpaired) electrons. The minimum absolute atomic E-state index is 0.0413. The number of ether oxygens (including phenoxy) is 1. The molecule has 3 rings (SSSR count). The van der Waals surface area contributed by atoms with Crippen molar-refractivity contribution < 1.29 is 4.74 Å². The summed E-state index contributed by atoms with van der Waals surface area (Å²) >= 11 is 1.65. The summed E-state index contributed by atoms with van der Waals surface area (Å²) in [6.07, 6.45) is 2.20. The van der Waals surface area contributed by atoms with Crippen molar-refractivity contribution in [2.24, 2.45) is 0 Å². The second-order valence-corrected chi connectivity index (χ2v) is 7.58. The molecule has 0 unspecified atom stereocenters. The van der Waals surface area contributed by atoms with E-state index in [1.54, 1.807) is 17.7 Å². The Morgan fingerprint density at radius 3 is 2.77 bits per heavy atom. The third kappa shape index (κ3) is 3.24. The van der Waals surface area contributed by atoms with Crippen LogP contribution in [0.3, 0.4) is 0 Å². The van der Waals surface area contributed by atoms with Crippen LogP contribution in [0.25, 0.3) is 10.2 Å². The van der Waals surface area contributed by atoms with Crippen LogP contribution in [0.4, 0.5) is 5.82 Å². The maximum atomic E-state index is 5.84. The summed E-state index contributed by atoms with van der Waals surface area (Å²) in [4.78, 5) is 12.2. The molecular weight excluding hydrogens is 296 g/mol. The van der Waals surface area contributed by atoms with Crippen LogP contribution in [-0.4, -0.2) is 52.2 Å². The zero-order chi connectivity index (χ0) is 15.7. The third-order valence-electron chi connectivity index (χ3n) is 4.23. The molecule has 0 aromatic carbocycles. The van der Waals surface area contributed by atoms with Gasteiger partial charge in [0.05, 0.1) is 17.6 Å². The smallest absolute Gasteiger partial charge is 0.138 e. The van der Waals surface area contributed by atoms with Crippen LogP contribution < -0.4 is 5.32 Å². The van der Waals surface area contributed by atoms with Gasteiger partial charge in [-0.05, 0) is 39.1 Å². The molecule has 1 fully saturated rings. The highest BCUT2D eigenvalue weighted by Gasteiger charge is 2.33. The van der Waals surface area contributed by atoms with Crippen molar-refractivity contribution in [3.05, 3.63) is 17.8 Å². The first-order chi connectivity index (χ1) is 10.5. The molecule has 0 saturated carbocycles. The van der Waals surface area contributed by atoms with E-state index in [1.165, 1.54) is 0 Å². The van der Waals surface area contributed by atoms with Crippen molar-refractivity contribution in [1.82, 2.24) is 14.9 Å². The first-order valence-electron chi connectivity index (χ1n) is 7.78. The number of morpholine rings is 1. The molecule has 2 aromatic heterocycles. The average Bonchev–Trinajstić information content (AvgIpc) is 2.93. The topological polar surface area (TPSA) is 50.3 Å². The van der Waals surface area contributed by atoms with Gasteiger partial charge in [0, 0.05) is 25.2 Å². The molecule has 22 heavy (non-hydrogen) atoms. The molecule has 5 nitrogen and oxygen atoms in total. The van der Waals surface area contributed by atoms with Gasteiger partial charge in [0.1, 0.15) is 17.0 Å². The van der Waals surface area contributed by atoms with E-state index in [9.17, 15) is 0 Å². The molecule has 0 aliphatic carbocycles. The third-order valence-corrected chi connectivity index (χ3v) is 5.05. The fraction of sp³-hybridized carbons (Fsp3) is 0.625. The zero-order valence-corrected chi connectivity index (χ0v) is 14.5. The van der Waals surface area contributed by atoms with Gasteiger partial charge in [0.15, 0.2) is 0 Å². The molecule has 2 atom stereocenters. The molecule has 2 aromatic rings. The Hall–Kier alpha value is -1.24. The van der Waals surface area contributed by atoms with Gasteiger partial charge in [-0.1, -0.05) is 0 Å². The van der Waals surface area contributed by atoms with Gasteiger partial charge in [-0.25, -0.2) is 9.97 Å². The fourth-order valence-corrected chi connectivity index (χ4v) is 3.75. The number of nitrogens with zero attached hydrogens (tertiary/aromatic N) is 3. The van der Waals surface area contributed by atoms with E-state index in [0.717, 1.165) is 35.7 Å². The average molecular weight is 320 g/mol. The number of thiophene rings is 1. The maximum Gasteiger partial charge on any atom is 0.138 e. The van der Waals surface area contributed by atoms with Crippen molar-refractivity contribution in [3.8, 4) is 0 Å². The highest BCUT2D eigenvalue weighted by atomic mass is 32.1. The first-order valence-corrected chi connectivity index (χ1v) is 8.66. The molecule has 1 aliphatic rings. The van der Waals surface area contributed by atoms with Crippen LogP contribution in [0.5, 0.6) is 0 Å². The van der Waals surface area contributed by atoms with Gasteiger partial charge >= 0.3 is 0 Å². The van der Waals surface area contributed by atoms with Gasteiger partial charge in [-0.15, -0.1) is 11.3 Å². The van der Waals surface area contributed by atoms with Crippen molar-refractivity contribution in [1.29, 1.82) is 0 Å². The van der Waals surface area contributed by atoms with Crippen LogP contribution in [0, 0.1) is 0 Å². The van der Waals surface area contributed by atoms with Crippen LogP contribution >= 0.6 is 11.3 Å². The van der Waals surface area contributed by atoms with E-state index in [1.807, 2.05) is 0 Å². The Morgan fingerprint density at radius 1 is 1.32 bits per heavy atom. The van der Waals surface area contributed by atoms with Crippen molar-refractivity contribution in [2.75, 3.05) is 25.0 Å². The Morgan fingerprint density at radius 2 is 2.05 bits per heavy atom. The predicted octanol–water partition coefficient (Wildman–Crippen LogP) is 2.99. The number of rotatable bonds is 4. The second kappa shape index (κ2) is 6.10. The van der Waals surface area contributed by atoms with E-state index in [2.05, 4.69) is 59.3 Å². The Balaban J connectivity index is 1.70. The number of fused-ring (bicyclic) bond motifs is 1. The summed E-state index contributed by atoms with van der Waals surface area (Å²) in [5.41, 5.74) is 0.0413. The van der Waals surface area contributed by atoms with Gasteiger partial charge in [0.2, 0.25) is 0 Å². The van der Waals surface area contributed by atoms with Crippen LogP contribution in [0.2, 0.25) is 0 Å². The Labute approximate surface area is 135 Å². The molecule has 0 amide bonds. The highest BCUT2D eigenvalue weighted by molar-refractivity contribution is 7.16. The summed E-state index contributed by atoms with van der Waals surface area (Å²) in [7, 11) is 0. The first kappa shape index (κ1) is 15.6. The van der Waals surface area contributed by atoms with Crippen molar-refractivity contribution in [3.63, 3.8) is 0 Å². The largest absolute Gasteiger partial charge is 0.373 e. The number of hydrogen-bond acceptors (Lipinski definition) is 6. The molecule has 1 N–H and O–H groups in total. The molecule has 0 spiro atoms. The Bertz CT molecular complexity index is 632. The minimum atomic E-state index is 0.0413. The van der Waals surface area contributed by atoms with Gasteiger partial charge in [-0.3, -0.25) is 4.90 Å². The van der Waals surface area contributed by atoms with E-state index in [0.29, 0.717) is 0 Å². The Kier molecular flexibility index (Phi) is 4.34. The summed E-state index contributed by atoms with van der Waals surface area (Å²) in [6, 6.07) is 2.08. The maximum absolute atomic E-state index is 5.84. The lowest BCUT2D eigenvalue weighted by Crippen LogP contribution is -2.57. The lowest BCUT2D eigenvalue weighted by atomic mass is 10.00. The normalized spacial score (nSPS) is 23.8. The quantitative estimate of drug-likeness (QED) is 0.938. The molecule has 6 heteroatoms. The summed E-state index contributed by atoms with van der Waals surface area (Å²) in [5, 5.41) is 6.67. The monoisotopic (exact) mass is 320 g/mol. The molecule has 0 bridgehead atoms. The molecule has 1 aliphatic heterocycles. The van der Waals surface area contributed by atoms with Crippen molar-refractivity contribution >= 4 is 27.4 Å². The van der Waals surface area contributed by atoms with E-state index < -0.39 is 0 Å². The van der Waals surface area contributed by atoms with Gasteiger partial charge in [0.25, 0.3) is 0 Å². The van der Waals surface area contributed by atoms with Crippen LogP contribution in [-0.2, 0) is 4.74 Å². The van der Waals surface area contributed by atoms with Gasteiger partial charge in [-0.2, -0.15) is 0 Å². The summed E-state index contributed by atoms with van der Waals surface area (Å²) in [6.45, 7) is 11.6. The lowest BCUT2D eigenvalue weighted by molar-refractivity contribution is -0.0933. The molecular formula is C16H24N4OS. The van der Waals surface area contributed by atoms with Crippen LogP contribution in [0.1, 0.15) is 27.7 Å². The summed E-state index contributed by atoms with van der Waals surface area (Å²) in [5.74, 6) is 0.925. The van der Waals surface area contributed by atoms with E-state index in [-0.39, 0.29) is 17.7 Å².